The van der Waals surface area contributed by atoms with Crippen LogP contribution in [-0.2, 0) is 4.74 Å². The monoisotopic (exact) mass is 171 g/mol. The van der Waals surface area contributed by atoms with Crippen molar-refractivity contribution in [1.29, 1.82) is 0 Å². The summed E-state index contributed by atoms with van der Waals surface area (Å²) in [6, 6.07) is 2.51. The molecule has 1 aliphatic rings. The van der Waals surface area contributed by atoms with Crippen LogP contribution >= 0.6 is 0 Å². The highest BCUT2D eigenvalue weighted by Crippen LogP contribution is 2.34. The summed E-state index contributed by atoms with van der Waals surface area (Å²) >= 11 is 0. The first kappa shape index (κ1) is 7.49. The summed E-state index contributed by atoms with van der Waals surface area (Å²) in [6.45, 7) is 0.488. The minimum Gasteiger partial charge on any atom is -0.394 e. The van der Waals surface area contributed by atoms with Gasteiger partial charge in [-0.2, -0.15) is 0 Å². The lowest BCUT2D eigenvalue weighted by atomic mass is 10.1. The smallest absolute Gasteiger partial charge is 0.154 e. The van der Waals surface area contributed by atoms with E-state index in [1.807, 2.05) is 0 Å². The van der Waals surface area contributed by atoms with Crippen molar-refractivity contribution in [3.8, 4) is 0 Å². The fourth-order valence-corrected chi connectivity index (χ4v) is 1.06. The zero-order valence-corrected chi connectivity index (χ0v) is 6.18. The molecule has 1 fully saturated rings. The Hall–Kier alpha value is -1.16. The third-order valence-corrected chi connectivity index (χ3v) is 1.84. The Bertz CT molecular complexity index is 323. The van der Waals surface area contributed by atoms with Crippen molar-refractivity contribution in [3.63, 3.8) is 0 Å². The molecule has 0 radical (unpaired) electrons. The van der Waals surface area contributed by atoms with E-state index in [0.29, 0.717) is 12.2 Å². The lowest BCUT2D eigenvalue weighted by molar-refractivity contribution is 0.407. The third-order valence-electron chi connectivity index (χ3n) is 1.84. The normalized spacial score (nSPS) is 21.0. The molecule has 1 heterocycles. The van der Waals surface area contributed by atoms with Crippen LogP contribution in [-0.4, -0.2) is 6.61 Å². The highest BCUT2D eigenvalue weighted by Gasteiger charge is 2.29. The molecule has 0 amide bonds. The Labute approximate surface area is 67.9 Å². The maximum atomic E-state index is 13.1. The largest absolute Gasteiger partial charge is 0.394 e. The van der Waals surface area contributed by atoms with Crippen LogP contribution < -0.4 is 5.73 Å². The molecule has 2 nitrogen and oxygen atoms in total. The van der Waals surface area contributed by atoms with Gasteiger partial charge in [0.25, 0.3) is 0 Å². The SMILES string of the molecule is Nc1c(F)ccc(C2CO2)c1F. The maximum Gasteiger partial charge on any atom is 0.154 e. The van der Waals surface area contributed by atoms with Crippen LogP contribution in [0.4, 0.5) is 14.5 Å². The van der Waals surface area contributed by atoms with Gasteiger partial charge in [-0.3, -0.25) is 0 Å². The molecule has 1 aromatic rings. The number of hydrogen-bond donors (Lipinski definition) is 1. The minimum absolute atomic E-state index is 0.229. The number of anilines is 1. The maximum absolute atomic E-state index is 13.1. The van der Waals surface area contributed by atoms with Crippen LogP contribution in [0.1, 0.15) is 11.7 Å². The van der Waals surface area contributed by atoms with Gasteiger partial charge in [-0.25, -0.2) is 8.78 Å². The topological polar surface area (TPSA) is 38.5 Å². The molecular formula is C8H7F2NO. The minimum atomic E-state index is -0.725. The third kappa shape index (κ3) is 1.04. The van der Waals surface area contributed by atoms with Gasteiger partial charge in [0.2, 0.25) is 0 Å². The van der Waals surface area contributed by atoms with E-state index in [0.717, 1.165) is 6.07 Å². The lowest BCUT2D eigenvalue weighted by Crippen LogP contribution is -1.99. The summed E-state index contributed by atoms with van der Waals surface area (Å²) in [4.78, 5) is 0. The summed E-state index contributed by atoms with van der Waals surface area (Å²) in [5.41, 5.74) is 5.06. The van der Waals surface area contributed by atoms with Crippen LogP contribution in [0.15, 0.2) is 12.1 Å². The van der Waals surface area contributed by atoms with Crippen molar-refractivity contribution in [2.45, 2.75) is 6.10 Å². The van der Waals surface area contributed by atoms with E-state index in [1.54, 1.807) is 0 Å². The summed E-state index contributed by atoms with van der Waals surface area (Å²) in [7, 11) is 0. The standard InChI is InChI=1S/C8H7F2NO/c9-5-2-1-4(6-3-12-6)7(10)8(5)11/h1-2,6H,3,11H2. The van der Waals surface area contributed by atoms with E-state index in [1.165, 1.54) is 6.07 Å². The van der Waals surface area contributed by atoms with Crippen LogP contribution in [0.5, 0.6) is 0 Å². The molecule has 1 atom stereocenters. The number of hydrogen-bond acceptors (Lipinski definition) is 2. The van der Waals surface area contributed by atoms with Gasteiger partial charge in [-0.05, 0) is 6.07 Å². The quantitative estimate of drug-likeness (QED) is 0.515. The molecule has 2 rings (SSSR count). The van der Waals surface area contributed by atoms with Gasteiger partial charge in [-0.1, -0.05) is 6.07 Å². The number of benzene rings is 1. The first-order valence-electron chi connectivity index (χ1n) is 3.55. The fourth-order valence-electron chi connectivity index (χ4n) is 1.06. The zero-order chi connectivity index (χ0) is 8.72. The van der Waals surface area contributed by atoms with E-state index < -0.39 is 17.3 Å². The second-order valence-corrected chi connectivity index (χ2v) is 2.69. The molecule has 64 valence electrons. The van der Waals surface area contributed by atoms with Crippen molar-refractivity contribution in [2.75, 3.05) is 12.3 Å². The summed E-state index contributed by atoms with van der Waals surface area (Å²) in [5, 5.41) is 0. The summed E-state index contributed by atoms with van der Waals surface area (Å²) in [6.07, 6.45) is -0.229. The number of rotatable bonds is 1. The molecule has 0 saturated carbocycles. The highest BCUT2D eigenvalue weighted by atomic mass is 19.1. The Kier molecular flexibility index (Phi) is 1.51. The second kappa shape index (κ2) is 2.42. The van der Waals surface area contributed by atoms with Gasteiger partial charge in [-0.15, -0.1) is 0 Å². The Morgan fingerprint density at radius 2 is 2.08 bits per heavy atom. The fraction of sp³-hybridized carbons (Fsp3) is 0.250. The number of nitrogens with two attached hydrogens (primary N) is 1. The summed E-state index contributed by atoms with van der Waals surface area (Å²) in [5.74, 6) is -1.42. The van der Waals surface area contributed by atoms with Crippen LogP contribution in [0.2, 0.25) is 0 Å². The Morgan fingerprint density at radius 3 is 2.67 bits per heavy atom. The average Bonchev–Trinajstić information content (AvgIpc) is 2.84. The van der Waals surface area contributed by atoms with Gasteiger partial charge in [0.1, 0.15) is 17.6 Å². The van der Waals surface area contributed by atoms with E-state index in [2.05, 4.69) is 0 Å². The molecule has 4 heteroatoms. The molecular weight excluding hydrogens is 164 g/mol. The van der Waals surface area contributed by atoms with Crippen molar-refractivity contribution in [1.82, 2.24) is 0 Å². The van der Waals surface area contributed by atoms with E-state index in [4.69, 9.17) is 10.5 Å². The first-order valence-corrected chi connectivity index (χ1v) is 3.55. The van der Waals surface area contributed by atoms with Crippen LogP contribution in [0.25, 0.3) is 0 Å². The van der Waals surface area contributed by atoms with Gasteiger partial charge in [0.15, 0.2) is 5.82 Å². The van der Waals surface area contributed by atoms with Crippen molar-refractivity contribution in [3.05, 3.63) is 29.3 Å². The molecule has 0 aromatic heterocycles. The number of epoxide rings is 1. The van der Waals surface area contributed by atoms with Crippen LogP contribution in [0.3, 0.4) is 0 Å². The number of ether oxygens (including phenoxy) is 1. The molecule has 1 unspecified atom stereocenters. The molecule has 2 N–H and O–H groups in total. The molecule has 1 aromatic carbocycles. The number of halogens is 2. The lowest BCUT2D eigenvalue weighted by Gasteiger charge is -2.02. The number of nitrogen functional groups attached to an aromatic ring is 1. The zero-order valence-electron chi connectivity index (χ0n) is 6.18. The molecule has 1 aliphatic heterocycles. The Morgan fingerprint density at radius 1 is 1.42 bits per heavy atom. The van der Waals surface area contributed by atoms with Gasteiger partial charge < -0.3 is 10.5 Å². The average molecular weight is 171 g/mol. The molecule has 0 aliphatic carbocycles. The predicted octanol–water partition coefficient (Wildman–Crippen LogP) is 1.62. The first-order chi connectivity index (χ1) is 5.70. The molecule has 0 bridgehead atoms. The van der Waals surface area contributed by atoms with Gasteiger partial charge >= 0.3 is 0 Å². The summed E-state index contributed by atoms with van der Waals surface area (Å²) < 4.78 is 30.6. The molecule has 12 heavy (non-hydrogen) atoms. The van der Waals surface area contributed by atoms with Gasteiger partial charge in [0.05, 0.1) is 6.61 Å². The molecule has 0 spiro atoms. The van der Waals surface area contributed by atoms with E-state index in [-0.39, 0.29) is 6.10 Å². The van der Waals surface area contributed by atoms with Crippen molar-refractivity contribution < 1.29 is 13.5 Å². The Balaban J connectivity index is 2.49. The highest BCUT2D eigenvalue weighted by molar-refractivity contribution is 5.45. The van der Waals surface area contributed by atoms with E-state index >= 15 is 0 Å². The second-order valence-electron chi connectivity index (χ2n) is 2.69. The van der Waals surface area contributed by atoms with E-state index in [9.17, 15) is 8.78 Å². The van der Waals surface area contributed by atoms with Crippen molar-refractivity contribution >= 4 is 5.69 Å². The predicted molar refractivity (Wildman–Crippen MR) is 39.5 cm³/mol. The van der Waals surface area contributed by atoms with Crippen LogP contribution in [0, 0.1) is 11.6 Å². The van der Waals surface area contributed by atoms with Gasteiger partial charge in [0, 0.05) is 5.56 Å². The van der Waals surface area contributed by atoms with Crippen molar-refractivity contribution in [2.24, 2.45) is 0 Å². The molecule has 1 saturated heterocycles.